The van der Waals surface area contributed by atoms with Crippen LogP contribution in [0.5, 0.6) is 5.75 Å². The Morgan fingerprint density at radius 2 is 1.32 bits per heavy atom. The molecule has 1 aromatic heterocycles. The molecule has 2 aromatic rings. The molecule has 1 N–H and O–H groups in total. The summed E-state index contributed by atoms with van der Waals surface area (Å²) in [5, 5.41) is 10.8. The summed E-state index contributed by atoms with van der Waals surface area (Å²) in [7, 11) is 0. The van der Waals surface area contributed by atoms with E-state index in [2.05, 4.69) is 0 Å². The number of carbonyl (C=O) groups excluding carboxylic acids is 2. The summed E-state index contributed by atoms with van der Waals surface area (Å²) in [5.41, 5.74) is 1.03. The third-order valence-electron chi connectivity index (χ3n) is 5.47. The zero-order valence-electron chi connectivity index (χ0n) is 15.7. The Labute approximate surface area is 168 Å². The van der Waals surface area contributed by atoms with Gasteiger partial charge in [0.1, 0.15) is 22.8 Å². The van der Waals surface area contributed by atoms with Crippen LogP contribution in [0.1, 0.15) is 70.7 Å². The number of esters is 2. The summed E-state index contributed by atoms with van der Waals surface area (Å²) in [6.45, 7) is 0. The lowest BCUT2D eigenvalue weighted by atomic mass is 10.0. The van der Waals surface area contributed by atoms with Gasteiger partial charge in [-0.05, 0) is 56.9 Å². The van der Waals surface area contributed by atoms with E-state index < -0.39 is 11.9 Å². The van der Waals surface area contributed by atoms with Crippen LogP contribution >= 0.6 is 11.3 Å². The Morgan fingerprint density at radius 3 is 1.86 bits per heavy atom. The molecule has 0 amide bonds. The molecule has 4 rings (SSSR count). The Balaban J connectivity index is 1.66. The average Bonchev–Trinajstić information content (AvgIpc) is 3.44. The van der Waals surface area contributed by atoms with E-state index in [1.165, 1.54) is 0 Å². The molecule has 0 bridgehead atoms. The third-order valence-corrected chi connectivity index (χ3v) is 6.61. The summed E-state index contributed by atoms with van der Waals surface area (Å²) in [6.07, 6.45) is 7.42. The Kier molecular flexibility index (Phi) is 5.67. The smallest absolute Gasteiger partial charge is 0.352 e. The molecular formula is C22H24O5S. The quantitative estimate of drug-likeness (QED) is 0.688. The average molecular weight is 400 g/mol. The second kappa shape index (κ2) is 8.35. The largest absolute Gasteiger partial charge is 0.505 e. The first-order chi connectivity index (χ1) is 13.6. The second-order valence-electron chi connectivity index (χ2n) is 7.47. The van der Waals surface area contributed by atoms with Crippen molar-refractivity contribution in [3.63, 3.8) is 0 Å². The SMILES string of the molecule is O=C(OC1CCCC1)c1sc(C(=O)OC2CCCC2)c(-c2ccccc2)c1O. The van der Waals surface area contributed by atoms with Crippen molar-refractivity contribution in [2.45, 2.75) is 63.6 Å². The number of hydrogen-bond donors (Lipinski definition) is 1. The van der Waals surface area contributed by atoms with Crippen LogP contribution in [0.15, 0.2) is 30.3 Å². The summed E-state index contributed by atoms with van der Waals surface area (Å²) >= 11 is 0.965. The van der Waals surface area contributed by atoms with Crippen LogP contribution in [-0.4, -0.2) is 29.3 Å². The van der Waals surface area contributed by atoms with Gasteiger partial charge < -0.3 is 14.6 Å². The van der Waals surface area contributed by atoms with Gasteiger partial charge in [0, 0.05) is 5.56 Å². The summed E-state index contributed by atoms with van der Waals surface area (Å²) in [4.78, 5) is 25.8. The van der Waals surface area contributed by atoms with E-state index in [1.807, 2.05) is 18.2 Å². The van der Waals surface area contributed by atoms with Gasteiger partial charge in [0.15, 0.2) is 4.88 Å². The molecule has 0 aliphatic heterocycles. The fraction of sp³-hybridized carbons (Fsp3) is 0.455. The molecule has 2 aliphatic rings. The van der Waals surface area contributed by atoms with Gasteiger partial charge in [-0.25, -0.2) is 9.59 Å². The van der Waals surface area contributed by atoms with Crippen LogP contribution in [0.25, 0.3) is 11.1 Å². The minimum absolute atomic E-state index is 0.0733. The van der Waals surface area contributed by atoms with Crippen molar-refractivity contribution in [3.8, 4) is 16.9 Å². The molecule has 28 heavy (non-hydrogen) atoms. The molecule has 0 radical (unpaired) electrons. The number of aromatic hydroxyl groups is 1. The Morgan fingerprint density at radius 1 is 0.821 bits per heavy atom. The molecule has 2 saturated carbocycles. The molecule has 0 spiro atoms. The monoisotopic (exact) mass is 400 g/mol. The molecule has 148 valence electrons. The van der Waals surface area contributed by atoms with Gasteiger partial charge >= 0.3 is 11.9 Å². The maximum Gasteiger partial charge on any atom is 0.352 e. The first kappa shape index (κ1) is 19.0. The first-order valence-corrected chi connectivity index (χ1v) is 10.8. The minimum Gasteiger partial charge on any atom is -0.505 e. The zero-order valence-corrected chi connectivity index (χ0v) is 16.5. The van der Waals surface area contributed by atoms with Gasteiger partial charge in [0.25, 0.3) is 0 Å². The van der Waals surface area contributed by atoms with Crippen molar-refractivity contribution in [1.29, 1.82) is 0 Å². The van der Waals surface area contributed by atoms with Crippen molar-refractivity contribution in [2.24, 2.45) is 0 Å². The lowest BCUT2D eigenvalue weighted by Crippen LogP contribution is -2.14. The second-order valence-corrected chi connectivity index (χ2v) is 8.49. The summed E-state index contributed by atoms with van der Waals surface area (Å²) < 4.78 is 11.2. The van der Waals surface area contributed by atoms with Crippen LogP contribution in [0.3, 0.4) is 0 Å². The van der Waals surface area contributed by atoms with Crippen molar-refractivity contribution < 1.29 is 24.2 Å². The van der Waals surface area contributed by atoms with Crippen LogP contribution in [0, 0.1) is 0 Å². The van der Waals surface area contributed by atoms with Crippen LogP contribution < -0.4 is 0 Å². The molecule has 0 atom stereocenters. The van der Waals surface area contributed by atoms with Crippen molar-refractivity contribution >= 4 is 23.3 Å². The van der Waals surface area contributed by atoms with Gasteiger partial charge in [-0.3, -0.25) is 0 Å². The fourth-order valence-electron chi connectivity index (χ4n) is 4.00. The maximum absolute atomic E-state index is 12.9. The molecule has 5 nitrogen and oxygen atoms in total. The van der Waals surface area contributed by atoms with Crippen LogP contribution in [-0.2, 0) is 9.47 Å². The highest BCUT2D eigenvalue weighted by Gasteiger charge is 2.32. The molecule has 0 saturated heterocycles. The predicted molar refractivity (Wildman–Crippen MR) is 107 cm³/mol. The summed E-state index contributed by atoms with van der Waals surface area (Å²) in [5.74, 6) is -1.24. The maximum atomic E-state index is 12.9. The standard InChI is InChI=1S/C22H24O5S/c23-18-17(14-8-2-1-3-9-14)19(21(24)26-15-10-4-5-11-15)28-20(18)22(25)27-16-12-6-7-13-16/h1-3,8-9,15-16,23H,4-7,10-13H2. The minimum atomic E-state index is -0.563. The molecule has 6 heteroatoms. The van der Waals surface area contributed by atoms with E-state index in [0.29, 0.717) is 11.1 Å². The normalized spacial score (nSPS) is 17.7. The molecule has 1 heterocycles. The fourth-order valence-corrected chi connectivity index (χ4v) is 4.98. The van der Waals surface area contributed by atoms with Crippen molar-refractivity contribution in [1.82, 2.24) is 0 Å². The number of thiophene rings is 1. The first-order valence-electron chi connectivity index (χ1n) is 9.96. The molecule has 1 aromatic carbocycles. The molecule has 2 fully saturated rings. The number of rotatable bonds is 5. The van der Waals surface area contributed by atoms with E-state index in [9.17, 15) is 14.7 Å². The van der Waals surface area contributed by atoms with E-state index in [-0.39, 0.29) is 27.7 Å². The van der Waals surface area contributed by atoms with E-state index in [0.717, 1.165) is 62.7 Å². The lowest BCUT2D eigenvalue weighted by Gasteiger charge is -2.11. The van der Waals surface area contributed by atoms with Crippen molar-refractivity contribution in [2.75, 3.05) is 0 Å². The highest BCUT2D eigenvalue weighted by molar-refractivity contribution is 7.16. The highest BCUT2D eigenvalue weighted by Crippen LogP contribution is 2.43. The number of carbonyl (C=O) groups is 2. The number of hydrogen-bond acceptors (Lipinski definition) is 6. The van der Waals surface area contributed by atoms with E-state index in [4.69, 9.17) is 9.47 Å². The van der Waals surface area contributed by atoms with Gasteiger partial charge in [0.05, 0.1) is 0 Å². The highest BCUT2D eigenvalue weighted by atomic mass is 32.1. The predicted octanol–water partition coefficient (Wildman–Crippen LogP) is 5.32. The van der Waals surface area contributed by atoms with Crippen LogP contribution in [0.4, 0.5) is 0 Å². The number of ether oxygens (including phenoxy) is 2. The Bertz CT molecular complexity index is 845. The van der Waals surface area contributed by atoms with Crippen LogP contribution in [0.2, 0.25) is 0 Å². The summed E-state index contributed by atoms with van der Waals surface area (Å²) in [6, 6.07) is 9.13. The number of benzene rings is 1. The van der Waals surface area contributed by atoms with Gasteiger partial charge in [-0.15, -0.1) is 11.3 Å². The van der Waals surface area contributed by atoms with Gasteiger partial charge in [0.2, 0.25) is 0 Å². The van der Waals surface area contributed by atoms with E-state index >= 15 is 0 Å². The topological polar surface area (TPSA) is 72.8 Å². The molecular weight excluding hydrogens is 376 g/mol. The lowest BCUT2D eigenvalue weighted by molar-refractivity contribution is 0.0314. The van der Waals surface area contributed by atoms with Crippen molar-refractivity contribution in [3.05, 3.63) is 40.1 Å². The molecule has 0 unspecified atom stereocenters. The molecule has 2 aliphatic carbocycles. The third kappa shape index (κ3) is 3.92. The van der Waals surface area contributed by atoms with Gasteiger partial charge in [-0.2, -0.15) is 0 Å². The Hall–Kier alpha value is -2.34. The van der Waals surface area contributed by atoms with E-state index in [1.54, 1.807) is 12.1 Å². The van der Waals surface area contributed by atoms with Gasteiger partial charge in [-0.1, -0.05) is 30.3 Å². The zero-order chi connectivity index (χ0) is 19.5.